The Hall–Kier alpha value is -1.54. The molecule has 1 amide bonds. The summed E-state index contributed by atoms with van der Waals surface area (Å²) in [4.78, 5) is 28.8. The number of aliphatic hydroxyl groups is 1. The molecule has 0 saturated heterocycles. The Labute approximate surface area is 213 Å². The zero-order valence-electron chi connectivity index (χ0n) is 21.6. The molecule has 4 aliphatic carbocycles. The van der Waals surface area contributed by atoms with Gasteiger partial charge in [0.25, 0.3) is 5.91 Å². The number of amides is 1. The van der Waals surface area contributed by atoms with Crippen LogP contribution in [0.1, 0.15) is 78.6 Å². The lowest BCUT2D eigenvalue weighted by Crippen LogP contribution is -2.53. The number of hydrogen-bond acceptors (Lipinski definition) is 6. The molecule has 0 radical (unpaired) electrons. The number of carbonyl (C=O) groups excluding carboxylic acids is 1. The van der Waals surface area contributed by atoms with Crippen LogP contribution in [0.3, 0.4) is 0 Å². The summed E-state index contributed by atoms with van der Waals surface area (Å²) in [6, 6.07) is -0.903. The number of carboxylic acids is 1. The van der Waals surface area contributed by atoms with E-state index in [0.29, 0.717) is 29.9 Å². The fraction of sp³-hybridized carbons (Fsp3) is 0.815. The van der Waals surface area contributed by atoms with Crippen molar-refractivity contribution in [3.63, 3.8) is 0 Å². The van der Waals surface area contributed by atoms with Crippen molar-refractivity contribution < 1.29 is 24.6 Å². The molecule has 4 aliphatic rings. The highest BCUT2D eigenvalue weighted by atomic mass is 32.2. The van der Waals surface area contributed by atoms with Crippen molar-refractivity contribution in [2.24, 2.45) is 33.7 Å². The number of oxime groups is 1. The fourth-order valence-electron chi connectivity index (χ4n) is 7.79. The van der Waals surface area contributed by atoms with E-state index in [-0.39, 0.29) is 17.4 Å². The molecule has 3 fully saturated rings. The van der Waals surface area contributed by atoms with E-state index in [0.717, 1.165) is 44.2 Å². The standard InChI is InChI=1S/C27H42N2O5S/c1-25-11-7-18(29-34-16-23(30)28-22(24(31)32)10-14-35-4)15-17(25)5-6-19-20(25)8-12-26(2)21(19)9-13-27(26,3)33/h15,19-22,33H,5-14,16H2,1-4H3,(H,28,30)(H,31,32)/b29-18-/t19-,20+,21+,22-,25+,26+,27+/m1/s1. The quantitative estimate of drug-likeness (QED) is 0.421. The third-order valence-electron chi connectivity index (χ3n) is 10.2. The summed E-state index contributed by atoms with van der Waals surface area (Å²) in [5.74, 6) is 1.10. The Morgan fingerprint density at radius 1 is 1.17 bits per heavy atom. The summed E-state index contributed by atoms with van der Waals surface area (Å²) < 4.78 is 0. The van der Waals surface area contributed by atoms with Gasteiger partial charge in [0.1, 0.15) is 6.04 Å². The van der Waals surface area contributed by atoms with E-state index >= 15 is 0 Å². The Morgan fingerprint density at radius 2 is 1.91 bits per heavy atom. The highest BCUT2D eigenvalue weighted by Gasteiger charge is 2.62. The lowest BCUT2D eigenvalue weighted by molar-refractivity contribution is -0.142. The molecule has 0 heterocycles. The van der Waals surface area contributed by atoms with E-state index in [9.17, 15) is 19.8 Å². The van der Waals surface area contributed by atoms with Crippen molar-refractivity contribution in [2.45, 2.75) is 90.2 Å². The molecule has 0 spiro atoms. The topological polar surface area (TPSA) is 108 Å². The van der Waals surface area contributed by atoms with Gasteiger partial charge in [0.2, 0.25) is 0 Å². The molecule has 0 aliphatic heterocycles. The molecule has 3 N–H and O–H groups in total. The molecular weight excluding hydrogens is 464 g/mol. The first-order valence-corrected chi connectivity index (χ1v) is 14.5. The normalized spacial score (nSPS) is 40.2. The molecule has 4 rings (SSSR count). The van der Waals surface area contributed by atoms with Gasteiger partial charge >= 0.3 is 5.97 Å². The Kier molecular flexibility index (Phi) is 7.64. The molecule has 0 bridgehead atoms. The maximum absolute atomic E-state index is 12.2. The highest BCUT2D eigenvalue weighted by Crippen LogP contribution is 2.67. The monoisotopic (exact) mass is 506 g/mol. The molecule has 0 aromatic carbocycles. The second-order valence-electron chi connectivity index (χ2n) is 11.9. The summed E-state index contributed by atoms with van der Waals surface area (Å²) in [5.41, 5.74) is 1.98. The number of allylic oxidation sites excluding steroid dienone is 2. The molecular formula is C27H42N2O5S. The largest absolute Gasteiger partial charge is 0.480 e. The fourth-order valence-corrected chi connectivity index (χ4v) is 8.26. The van der Waals surface area contributed by atoms with E-state index < -0.39 is 23.5 Å². The maximum Gasteiger partial charge on any atom is 0.326 e. The minimum atomic E-state index is -1.03. The van der Waals surface area contributed by atoms with Gasteiger partial charge in [-0.1, -0.05) is 24.6 Å². The zero-order valence-corrected chi connectivity index (χ0v) is 22.5. The summed E-state index contributed by atoms with van der Waals surface area (Å²) in [6.07, 6.45) is 12.9. The van der Waals surface area contributed by atoms with Gasteiger partial charge in [-0.3, -0.25) is 4.79 Å². The van der Waals surface area contributed by atoms with Gasteiger partial charge in [0.05, 0.1) is 11.3 Å². The molecule has 0 aromatic rings. The van der Waals surface area contributed by atoms with Crippen LogP contribution in [0.4, 0.5) is 0 Å². The van der Waals surface area contributed by atoms with E-state index in [4.69, 9.17) is 4.84 Å². The first-order chi connectivity index (χ1) is 16.5. The van der Waals surface area contributed by atoms with Crippen molar-refractivity contribution in [3.05, 3.63) is 11.6 Å². The molecule has 8 heteroatoms. The van der Waals surface area contributed by atoms with Gasteiger partial charge < -0.3 is 20.4 Å². The van der Waals surface area contributed by atoms with Crippen LogP contribution < -0.4 is 5.32 Å². The zero-order chi connectivity index (χ0) is 25.4. The number of carbonyl (C=O) groups is 2. The maximum atomic E-state index is 12.2. The Bertz CT molecular complexity index is 902. The van der Waals surface area contributed by atoms with E-state index in [1.54, 1.807) is 11.8 Å². The van der Waals surface area contributed by atoms with Crippen LogP contribution in [0.15, 0.2) is 16.8 Å². The van der Waals surface area contributed by atoms with E-state index in [2.05, 4.69) is 37.3 Å². The van der Waals surface area contributed by atoms with Crippen LogP contribution in [0, 0.1) is 28.6 Å². The average molecular weight is 507 g/mol. The van der Waals surface area contributed by atoms with Gasteiger partial charge in [0.15, 0.2) is 6.61 Å². The molecule has 0 unspecified atom stereocenters. The Morgan fingerprint density at radius 3 is 2.63 bits per heavy atom. The van der Waals surface area contributed by atoms with Gasteiger partial charge in [0, 0.05) is 0 Å². The molecule has 3 saturated carbocycles. The van der Waals surface area contributed by atoms with Crippen LogP contribution >= 0.6 is 11.8 Å². The van der Waals surface area contributed by atoms with E-state index in [1.807, 2.05) is 6.26 Å². The van der Waals surface area contributed by atoms with E-state index in [1.165, 1.54) is 18.4 Å². The summed E-state index contributed by atoms with van der Waals surface area (Å²) in [6.45, 7) is 6.53. The van der Waals surface area contributed by atoms with Crippen LogP contribution in [0.25, 0.3) is 0 Å². The van der Waals surface area contributed by atoms with Crippen LogP contribution in [-0.4, -0.2) is 58.1 Å². The smallest absolute Gasteiger partial charge is 0.326 e. The number of nitrogens with one attached hydrogen (secondary N) is 1. The van der Waals surface area contributed by atoms with Crippen molar-refractivity contribution >= 4 is 29.4 Å². The number of thioether (sulfide) groups is 1. The minimum absolute atomic E-state index is 0.0382. The number of fused-ring (bicyclic) bond motifs is 5. The predicted molar refractivity (Wildman–Crippen MR) is 138 cm³/mol. The van der Waals surface area contributed by atoms with Gasteiger partial charge in [-0.05, 0) is 111 Å². The number of hydrogen-bond donors (Lipinski definition) is 3. The predicted octanol–water partition coefficient (Wildman–Crippen LogP) is 4.40. The van der Waals surface area contributed by atoms with Crippen LogP contribution in [0.5, 0.6) is 0 Å². The first-order valence-electron chi connectivity index (χ1n) is 13.2. The van der Waals surface area contributed by atoms with Gasteiger partial charge in [-0.15, -0.1) is 0 Å². The van der Waals surface area contributed by atoms with Crippen molar-refractivity contribution in [3.8, 4) is 0 Å². The summed E-state index contributed by atoms with van der Waals surface area (Å²) >= 11 is 1.55. The second kappa shape index (κ2) is 10.1. The SMILES string of the molecule is CSCC[C@@H](NC(=O)CO/N=C1\C=C2CC[C@@H]3[C@H](CC[C@@]4(C)[C@H]3CC[C@]4(C)O)[C@@]2(C)CC1)C(=O)O. The number of carboxylic acid groups (broad SMARTS) is 1. The highest BCUT2D eigenvalue weighted by molar-refractivity contribution is 7.98. The van der Waals surface area contributed by atoms with Crippen LogP contribution in [-0.2, 0) is 14.4 Å². The first kappa shape index (κ1) is 26.5. The lowest BCUT2D eigenvalue weighted by atomic mass is 9.46. The van der Waals surface area contributed by atoms with Crippen molar-refractivity contribution in [1.29, 1.82) is 0 Å². The molecule has 35 heavy (non-hydrogen) atoms. The number of rotatable bonds is 8. The number of nitrogens with zero attached hydrogens (tertiary/aromatic N) is 1. The van der Waals surface area contributed by atoms with Crippen LogP contribution in [0.2, 0.25) is 0 Å². The minimum Gasteiger partial charge on any atom is -0.480 e. The average Bonchev–Trinajstić information content (AvgIpc) is 3.05. The second-order valence-corrected chi connectivity index (χ2v) is 12.9. The summed E-state index contributed by atoms with van der Waals surface area (Å²) in [7, 11) is 0. The number of aliphatic carboxylic acids is 1. The van der Waals surface area contributed by atoms with Gasteiger partial charge in [-0.25, -0.2) is 4.79 Å². The third kappa shape index (κ3) is 4.89. The molecule has 7 atom stereocenters. The lowest BCUT2D eigenvalue weighted by Gasteiger charge is -2.59. The summed E-state index contributed by atoms with van der Waals surface area (Å²) in [5, 5.41) is 27.1. The van der Waals surface area contributed by atoms with Crippen molar-refractivity contribution in [1.82, 2.24) is 5.32 Å². The van der Waals surface area contributed by atoms with Crippen molar-refractivity contribution in [2.75, 3.05) is 18.6 Å². The Balaban J connectivity index is 1.37. The van der Waals surface area contributed by atoms with Gasteiger partial charge in [-0.2, -0.15) is 11.8 Å². The molecule has 196 valence electrons. The third-order valence-corrected chi connectivity index (χ3v) is 10.8. The molecule has 0 aromatic heterocycles. The molecule has 7 nitrogen and oxygen atoms in total.